The predicted octanol–water partition coefficient (Wildman–Crippen LogP) is 2.54. The lowest BCUT2D eigenvalue weighted by Crippen LogP contribution is -2.36. The summed E-state index contributed by atoms with van der Waals surface area (Å²) in [5.74, 6) is 0.325. The quantitative estimate of drug-likeness (QED) is 0.767. The maximum absolute atomic E-state index is 12.6. The SMILES string of the molecule is O=S1(=O)CC2(CCCCC2)CNc2cc(O)ccc21. The van der Waals surface area contributed by atoms with Crippen molar-refractivity contribution >= 4 is 15.5 Å². The molecule has 2 N–H and O–H groups in total. The lowest BCUT2D eigenvalue weighted by atomic mass is 9.75. The van der Waals surface area contributed by atoms with E-state index in [0.29, 0.717) is 17.1 Å². The first-order valence-corrected chi connectivity index (χ1v) is 8.46. The summed E-state index contributed by atoms with van der Waals surface area (Å²) in [6.45, 7) is 0.683. The molecule has 0 atom stereocenters. The molecule has 1 aliphatic heterocycles. The number of phenolic OH excluding ortho intramolecular Hbond substituents is 1. The van der Waals surface area contributed by atoms with Crippen LogP contribution in [0.1, 0.15) is 32.1 Å². The fraction of sp³-hybridized carbons (Fsp3) is 0.571. The van der Waals surface area contributed by atoms with E-state index in [0.717, 1.165) is 25.7 Å². The summed E-state index contributed by atoms with van der Waals surface area (Å²) in [7, 11) is -3.28. The third-order valence-electron chi connectivity index (χ3n) is 4.36. The van der Waals surface area contributed by atoms with Crippen LogP contribution in [0.15, 0.2) is 23.1 Å². The molecule has 1 spiro atoms. The second kappa shape index (κ2) is 4.40. The monoisotopic (exact) mass is 281 g/mol. The summed E-state index contributed by atoms with van der Waals surface area (Å²) in [4.78, 5) is 0.327. The molecule has 1 heterocycles. The van der Waals surface area contributed by atoms with Crippen molar-refractivity contribution in [2.24, 2.45) is 5.41 Å². The smallest absolute Gasteiger partial charge is 0.181 e. The highest BCUT2D eigenvalue weighted by atomic mass is 32.2. The van der Waals surface area contributed by atoms with Crippen molar-refractivity contribution in [3.05, 3.63) is 18.2 Å². The molecule has 4 nitrogen and oxygen atoms in total. The van der Waals surface area contributed by atoms with Crippen molar-refractivity contribution in [1.29, 1.82) is 0 Å². The van der Waals surface area contributed by atoms with Gasteiger partial charge in [0.1, 0.15) is 5.75 Å². The normalized spacial score (nSPS) is 24.2. The van der Waals surface area contributed by atoms with Gasteiger partial charge in [0.2, 0.25) is 0 Å². The van der Waals surface area contributed by atoms with Gasteiger partial charge in [-0.2, -0.15) is 0 Å². The number of fused-ring (bicyclic) bond motifs is 1. The van der Waals surface area contributed by atoms with Crippen LogP contribution in [0, 0.1) is 5.41 Å². The van der Waals surface area contributed by atoms with Crippen LogP contribution in [0.5, 0.6) is 5.75 Å². The lowest BCUT2D eigenvalue weighted by molar-refractivity contribution is 0.237. The lowest BCUT2D eigenvalue weighted by Gasteiger charge is -2.35. The Kier molecular flexibility index (Phi) is 2.96. The Balaban J connectivity index is 2.03. The molecule has 2 aliphatic rings. The van der Waals surface area contributed by atoms with Gasteiger partial charge >= 0.3 is 0 Å². The minimum Gasteiger partial charge on any atom is -0.508 e. The Morgan fingerprint density at radius 1 is 1.16 bits per heavy atom. The molecule has 104 valence electrons. The van der Waals surface area contributed by atoms with Gasteiger partial charge in [0.05, 0.1) is 16.3 Å². The average molecular weight is 281 g/mol. The van der Waals surface area contributed by atoms with Crippen molar-refractivity contribution in [1.82, 2.24) is 0 Å². The number of phenols is 1. The Hall–Kier alpha value is -1.23. The molecule has 0 amide bonds. The highest BCUT2D eigenvalue weighted by Crippen LogP contribution is 2.42. The van der Waals surface area contributed by atoms with Gasteiger partial charge in [-0.05, 0) is 25.0 Å². The van der Waals surface area contributed by atoms with Gasteiger partial charge in [-0.3, -0.25) is 0 Å². The van der Waals surface area contributed by atoms with Crippen molar-refractivity contribution in [2.45, 2.75) is 37.0 Å². The summed E-state index contributed by atoms with van der Waals surface area (Å²) in [5, 5.41) is 12.8. The number of anilines is 1. The van der Waals surface area contributed by atoms with Gasteiger partial charge < -0.3 is 10.4 Å². The van der Waals surface area contributed by atoms with E-state index in [2.05, 4.69) is 5.32 Å². The number of hydrogen-bond donors (Lipinski definition) is 2. The maximum atomic E-state index is 12.6. The van der Waals surface area contributed by atoms with Crippen LogP contribution in [-0.4, -0.2) is 25.8 Å². The molecule has 0 saturated heterocycles. The second-order valence-electron chi connectivity index (χ2n) is 5.85. The number of hydrogen-bond acceptors (Lipinski definition) is 4. The van der Waals surface area contributed by atoms with E-state index in [-0.39, 0.29) is 16.9 Å². The summed E-state index contributed by atoms with van der Waals surface area (Å²) in [6, 6.07) is 4.46. The summed E-state index contributed by atoms with van der Waals surface area (Å²) in [6.07, 6.45) is 5.37. The summed E-state index contributed by atoms with van der Waals surface area (Å²) < 4.78 is 25.1. The first-order chi connectivity index (χ1) is 9.01. The minimum absolute atomic E-state index is 0.0982. The van der Waals surface area contributed by atoms with Gasteiger partial charge in [-0.15, -0.1) is 0 Å². The standard InChI is InChI=1S/C14H19NO3S/c16-11-4-5-13-12(8-11)15-9-14(10-19(13,17)18)6-2-1-3-7-14/h4-5,8,15-16H,1-3,6-7,9-10H2. The summed E-state index contributed by atoms with van der Waals surface area (Å²) in [5.41, 5.74) is 0.411. The maximum Gasteiger partial charge on any atom is 0.181 e. The van der Waals surface area contributed by atoms with Crippen LogP contribution >= 0.6 is 0 Å². The molecular formula is C14H19NO3S. The highest BCUT2D eigenvalue weighted by Gasteiger charge is 2.40. The second-order valence-corrected chi connectivity index (χ2v) is 7.81. The van der Waals surface area contributed by atoms with Crippen LogP contribution in [0.4, 0.5) is 5.69 Å². The van der Waals surface area contributed by atoms with Gasteiger partial charge in [0.15, 0.2) is 9.84 Å². The van der Waals surface area contributed by atoms with Crippen LogP contribution < -0.4 is 5.32 Å². The number of nitrogens with one attached hydrogen (secondary N) is 1. The zero-order chi connectivity index (χ0) is 13.5. The fourth-order valence-electron chi connectivity index (χ4n) is 3.36. The Morgan fingerprint density at radius 2 is 1.89 bits per heavy atom. The topological polar surface area (TPSA) is 66.4 Å². The number of rotatable bonds is 0. The van der Waals surface area contributed by atoms with Crippen molar-refractivity contribution in [3.63, 3.8) is 0 Å². The summed E-state index contributed by atoms with van der Waals surface area (Å²) >= 11 is 0. The zero-order valence-corrected chi connectivity index (χ0v) is 11.7. The number of aromatic hydroxyl groups is 1. The van der Waals surface area contributed by atoms with Crippen molar-refractivity contribution < 1.29 is 13.5 Å². The Morgan fingerprint density at radius 3 is 2.63 bits per heavy atom. The zero-order valence-electron chi connectivity index (χ0n) is 10.9. The van der Waals surface area contributed by atoms with E-state index in [9.17, 15) is 13.5 Å². The molecule has 1 aromatic rings. The molecule has 1 saturated carbocycles. The highest BCUT2D eigenvalue weighted by molar-refractivity contribution is 7.91. The first-order valence-electron chi connectivity index (χ1n) is 6.81. The van der Waals surface area contributed by atoms with Crippen molar-refractivity contribution in [2.75, 3.05) is 17.6 Å². The van der Waals surface area contributed by atoms with E-state index in [1.165, 1.54) is 24.6 Å². The molecule has 19 heavy (non-hydrogen) atoms. The largest absolute Gasteiger partial charge is 0.508 e. The van der Waals surface area contributed by atoms with Crippen LogP contribution in [-0.2, 0) is 9.84 Å². The number of sulfone groups is 1. The molecule has 5 heteroatoms. The average Bonchev–Trinajstić information content (AvgIpc) is 2.46. The molecule has 0 radical (unpaired) electrons. The van der Waals surface area contributed by atoms with Gasteiger partial charge in [0.25, 0.3) is 0 Å². The Bertz CT molecular complexity index is 589. The molecule has 1 aliphatic carbocycles. The number of benzene rings is 1. The first kappa shape index (κ1) is 12.8. The third-order valence-corrected chi connectivity index (χ3v) is 6.38. The van der Waals surface area contributed by atoms with Crippen molar-refractivity contribution in [3.8, 4) is 5.75 Å². The van der Waals surface area contributed by atoms with Crippen LogP contribution in [0.3, 0.4) is 0 Å². The molecule has 3 rings (SSSR count). The van der Waals surface area contributed by atoms with Gasteiger partial charge in [-0.1, -0.05) is 19.3 Å². The van der Waals surface area contributed by atoms with Gasteiger partial charge in [-0.25, -0.2) is 8.42 Å². The molecule has 1 aromatic carbocycles. The van der Waals surface area contributed by atoms with E-state index >= 15 is 0 Å². The molecule has 1 fully saturated rings. The third kappa shape index (κ3) is 2.31. The van der Waals surface area contributed by atoms with E-state index in [4.69, 9.17) is 0 Å². The fourth-order valence-corrected chi connectivity index (χ4v) is 5.46. The molecule has 0 aromatic heterocycles. The minimum atomic E-state index is -3.28. The molecule has 0 bridgehead atoms. The van der Waals surface area contributed by atoms with Gasteiger partial charge in [0, 0.05) is 18.0 Å². The van der Waals surface area contributed by atoms with E-state index in [1.54, 1.807) is 0 Å². The predicted molar refractivity (Wildman–Crippen MR) is 74.2 cm³/mol. The molecule has 0 unspecified atom stereocenters. The van der Waals surface area contributed by atoms with Crippen LogP contribution in [0.25, 0.3) is 0 Å². The van der Waals surface area contributed by atoms with E-state index < -0.39 is 9.84 Å². The Labute approximate surface area is 113 Å². The van der Waals surface area contributed by atoms with E-state index in [1.807, 2.05) is 0 Å². The molecular weight excluding hydrogens is 262 g/mol. The van der Waals surface area contributed by atoms with Crippen LogP contribution in [0.2, 0.25) is 0 Å².